The first-order valence-corrected chi connectivity index (χ1v) is 8.79. The van der Waals surface area contributed by atoms with Crippen molar-refractivity contribution in [1.29, 1.82) is 0 Å². The molecule has 0 radical (unpaired) electrons. The van der Waals surface area contributed by atoms with E-state index in [1.807, 2.05) is 43.1 Å². The number of carbonyl (C=O) groups is 1. The Morgan fingerprint density at radius 3 is 2.80 bits per heavy atom. The fraction of sp³-hybridized carbons (Fsp3) is 0.158. The summed E-state index contributed by atoms with van der Waals surface area (Å²) in [4.78, 5) is 25.2. The molecule has 3 heterocycles. The summed E-state index contributed by atoms with van der Waals surface area (Å²) in [6.07, 6.45) is 5.70. The smallest absolute Gasteiger partial charge is 0.187 e. The lowest BCUT2D eigenvalue weighted by atomic mass is 10.0. The Bertz CT molecular complexity index is 1080. The lowest BCUT2D eigenvalue weighted by Gasteiger charge is -2.06. The zero-order valence-electron chi connectivity index (χ0n) is 13.9. The van der Waals surface area contributed by atoms with Gasteiger partial charge in [-0.2, -0.15) is 0 Å². The highest BCUT2D eigenvalue weighted by Crippen LogP contribution is 2.24. The third-order valence-corrected chi connectivity index (χ3v) is 4.91. The second kappa shape index (κ2) is 6.22. The Morgan fingerprint density at radius 1 is 1.20 bits per heavy atom. The molecule has 0 aliphatic rings. The number of rotatable bonds is 4. The molecule has 6 heteroatoms. The standard InChI is InChI=1S/C19H16N4OS/c1-12-22-17(10-25-12)19(24)7-16-6-15-5-13(3-4-14(15)8-21-16)18-9-20-11-23(18)2/h3-6,8-11H,7H2,1-2H3. The van der Waals surface area contributed by atoms with Crippen LogP contribution >= 0.6 is 11.3 Å². The van der Waals surface area contributed by atoms with Crippen LogP contribution in [0.3, 0.4) is 0 Å². The predicted molar refractivity (Wildman–Crippen MR) is 98.8 cm³/mol. The van der Waals surface area contributed by atoms with Gasteiger partial charge in [-0.1, -0.05) is 12.1 Å². The average Bonchev–Trinajstić information content (AvgIpc) is 3.22. The quantitative estimate of drug-likeness (QED) is 0.526. The van der Waals surface area contributed by atoms with Gasteiger partial charge in [0.1, 0.15) is 5.69 Å². The number of aryl methyl sites for hydroxylation is 2. The Hall–Kier alpha value is -2.86. The van der Waals surface area contributed by atoms with Crippen LogP contribution in [-0.2, 0) is 13.5 Å². The topological polar surface area (TPSA) is 60.7 Å². The fourth-order valence-corrected chi connectivity index (χ4v) is 3.44. The van der Waals surface area contributed by atoms with E-state index in [0.717, 1.165) is 32.7 Å². The van der Waals surface area contributed by atoms with E-state index in [0.29, 0.717) is 5.69 Å². The first kappa shape index (κ1) is 15.7. The van der Waals surface area contributed by atoms with Crippen molar-refractivity contribution in [3.8, 4) is 11.3 Å². The molecule has 0 atom stereocenters. The number of aromatic nitrogens is 4. The van der Waals surface area contributed by atoms with Crippen molar-refractivity contribution in [3.63, 3.8) is 0 Å². The van der Waals surface area contributed by atoms with Gasteiger partial charge < -0.3 is 4.57 Å². The molecule has 5 nitrogen and oxygen atoms in total. The summed E-state index contributed by atoms with van der Waals surface area (Å²) < 4.78 is 1.98. The Balaban J connectivity index is 1.67. The zero-order valence-corrected chi connectivity index (χ0v) is 14.7. The van der Waals surface area contributed by atoms with Crippen LogP contribution < -0.4 is 0 Å². The summed E-state index contributed by atoms with van der Waals surface area (Å²) in [5, 5.41) is 4.81. The molecule has 0 fully saturated rings. The van der Waals surface area contributed by atoms with Gasteiger partial charge in [0.25, 0.3) is 0 Å². The minimum atomic E-state index is -0.000936. The van der Waals surface area contributed by atoms with Crippen LogP contribution in [0.2, 0.25) is 0 Å². The van der Waals surface area contributed by atoms with E-state index in [1.54, 1.807) is 11.7 Å². The second-order valence-corrected chi connectivity index (χ2v) is 7.04. The van der Waals surface area contributed by atoms with Crippen molar-refractivity contribution in [3.05, 3.63) is 64.8 Å². The van der Waals surface area contributed by atoms with Gasteiger partial charge >= 0.3 is 0 Å². The van der Waals surface area contributed by atoms with E-state index in [9.17, 15) is 4.79 Å². The van der Waals surface area contributed by atoms with Crippen LogP contribution in [0.1, 0.15) is 21.2 Å². The maximum absolute atomic E-state index is 12.4. The van der Waals surface area contributed by atoms with Gasteiger partial charge in [-0.15, -0.1) is 11.3 Å². The van der Waals surface area contributed by atoms with E-state index in [2.05, 4.69) is 27.1 Å². The molecule has 0 bridgehead atoms. The van der Waals surface area contributed by atoms with Crippen molar-refractivity contribution in [2.45, 2.75) is 13.3 Å². The van der Waals surface area contributed by atoms with Gasteiger partial charge in [0.05, 0.1) is 29.6 Å². The molecule has 124 valence electrons. The van der Waals surface area contributed by atoms with Crippen molar-refractivity contribution >= 4 is 27.9 Å². The van der Waals surface area contributed by atoms with Gasteiger partial charge in [0, 0.05) is 35.3 Å². The number of benzene rings is 1. The molecule has 0 amide bonds. The number of nitrogens with zero attached hydrogens (tertiary/aromatic N) is 4. The van der Waals surface area contributed by atoms with Crippen molar-refractivity contribution < 1.29 is 4.79 Å². The van der Waals surface area contributed by atoms with Gasteiger partial charge in [-0.3, -0.25) is 9.78 Å². The SMILES string of the molecule is Cc1nc(C(=O)Cc2cc3cc(-c4cncn4C)ccc3cn2)cs1. The second-order valence-electron chi connectivity index (χ2n) is 5.98. The lowest BCUT2D eigenvalue weighted by Crippen LogP contribution is -2.05. The molecule has 0 aliphatic heterocycles. The van der Waals surface area contributed by atoms with Crippen LogP contribution in [0.25, 0.3) is 22.0 Å². The number of hydrogen-bond acceptors (Lipinski definition) is 5. The monoisotopic (exact) mass is 348 g/mol. The number of fused-ring (bicyclic) bond motifs is 1. The molecule has 0 N–H and O–H groups in total. The predicted octanol–water partition coefficient (Wildman–Crippen LogP) is 3.83. The number of imidazole rings is 1. The number of carbonyl (C=O) groups excluding carboxylic acids is 1. The van der Waals surface area contributed by atoms with Crippen LogP contribution in [0, 0.1) is 6.92 Å². The molecular weight excluding hydrogens is 332 g/mol. The highest BCUT2D eigenvalue weighted by Gasteiger charge is 2.12. The fourth-order valence-electron chi connectivity index (χ4n) is 2.82. The highest BCUT2D eigenvalue weighted by molar-refractivity contribution is 7.09. The molecule has 0 spiro atoms. The van der Waals surface area contributed by atoms with Crippen LogP contribution in [0.15, 0.2) is 48.4 Å². The molecule has 0 aliphatic carbocycles. The molecule has 1 aromatic carbocycles. The van der Waals surface area contributed by atoms with Crippen LogP contribution in [0.5, 0.6) is 0 Å². The average molecular weight is 348 g/mol. The third-order valence-electron chi connectivity index (χ3n) is 4.14. The van der Waals surface area contributed by atoms with Crippen molar-refractivity contribution in [2.75, 3.05) is 0 Å². The Morgan fingerprint density at radius 2 is 2.08 bits per heavy atom. The summed E-state index contributed by atoms with van der Waals surface area (Å²) in [7, 11) is 1.97. The summed E-state index contributed by atoms with van der Waals surface area (Å²) in [5.41, 5.74) is 3.42. The molecule has 0 saturated heterocycles. The van der Waals surface area contributed by atoms with Crippen molar-refractivity contribution in [1.82, 2.24) is 19.5 Å². The van der Waals surface area contributed by atoms with Gasteiger partial charge in [-0.25, -0.2) is 9.97 Å². The number of thiazole rings is 1. The van der Waals surface area contributed by atoms with Crippen LogP contribution in [0.4, 0.5) is 0 Å². The van der Waals surface area contributed by atoms with E-state index in [1.165, 1.54) is 11.3 Å². The molecule has 0 saturated carbocycles. The summed E-state index contributed by atoms with van der Waals surface area (Å²) in [5.74, 6) is -0.000936. The largest absolute Gasteiger partial charge is 0.334 e. The van der Waals surface area contributed by atoms with E-state index < -0.39 is 0 Å². The first-order chi connectivity index (χ1) is 12.1. The van der Waals surface area contributed by atoms with Gasteiger partial charge in [-0.05, 0) is 24.4 Å². The minimum absolute atomic E-state index is 0.000936. The van der Waals surface area contributed by atoms with Gasteiger partial charge in [0.2, 0.25) is 0 Å². The summed E-state index contributed by atoms with van der Waals surface area (Å²) in [6.45, 7) is 1.90. The molecule has 4 aromatic rings. The normalized spacial score (nSPS) is 11.1. The maximum atomic E-state index is 12.4. The molecule has 4 rings (SSSR count). The lowest BCUT2D eigenvalue weighted by molar-refractivity contribution is 0.0988. The number of Topliss-reactive ketones (excluding diaryl/α,β-unsaturated/α-hetero) is 1. The molecule has 0 unspecified atom stereocenters. The highest BCUT2D eigenvalue weighted by atomic mass is 32.1. The van der Waals surface area contributed by atoms with E-state index in [4.69, 9.17) is 0 Å². The summed E-state index contributed by atoms with van der Waals surface area (Å²) >= 11 is 1.49. The number of ketones is 1. The Kier molecular flexibility index (Phi) is 3.89. The third kappa shape index (κ3) is 3.08. The number of pyridine rings is 1. The first-order valence-electron chi connectivity index (χ1n) is 7.91. The number of hydrogen-bond donors (Lipinski definition) is 0. The molecular formula is C19H16N4OS. The van der Waals surface area contributed by atoms with E-state index in [-0.39, 0.29) is 12.2 Å². The molecule has 3 aromatic heterocycles. The minimum Gasteiger partial charge on any atom is -0.334 e. The zero-order chi connectivity index (χ0) is 17.4. The maximum Gasteiger partial charge on any atom is 0.187 e. The van der Waals surface area contributed by atoms with E-state index >= 15 is 0 Å². The van der Waals surface area contributed by atoms with Crippen LogP contribution in [-0.4, -0.2) is 25.3 Å². The van der Waals surface area contributed by atoms with Crippen molar-refractivity contribution in [2.24, 2.45) is 7.05 Å². The van der Waals surface area contributed by atoms with Gasteiger partial charge in [0.15, 0.2) is 5.78 Å². The summed E-state index contributed by atoms with van der Waals surface area (Å²) in [6, 6.07) is 8.19. The Labute approximate surface area is 149 Å². The molecule has 25 heavy (non-hydrogen) atoms.